The van der Waals surface area contributed by atoms with Crippen LogP contribution in [0, 0.1) is 0 Å². The smallest absolute Gasteiger partial charge is 0.240 e. The second kappa shape index (κ2) is 7.35. The molecule has 0 atom stereocenters. The fourth-order valence-electron chi connectivity index (χ4n) is 1.36. The number of ether oxygens (including phenoxy) is 1. The summed E-state index contributed by atoms with van der Waals surface area (Å²) in [6.45, 7) is 3.32. The molecule has 0 aliphatic carbocycles. The lowest BCUT2D eigenvalue weighted by Crippen LogP contribution is -2.24. The van der Waals surface area contributed by atoms with E-state index in [4.69, 9.17) is 10.5 Å². The Hall–Kier alpha value is -1.11. The third kappa shape index (κ3) is 4.64. The monoisotopic (exact) mass is 272 g/mol. The highest BCUT2D eigenvalue weighted by Gasteiger charge is 2.12. The van der Waals surface area contributed by atoms with Crippen LogP contribution in [0.5, 0.6) is 5.75 Å². The lowest BCUT2D eigenvalue weighted by Gasteiger charge is -2.08. The maximum Gasteiger partial charge on any atom is 0.240 e. The van der Waals surface area contributed by atoms with E-state index >= 15 is 0 Å². The number of sulfonamides is 1. The molecule has 0 fully saturated rings. The summed E-state index contributed by atoms with van der Waals surface area (Å²) in [7, 11) is -3.40. The number of unbranched alkanes of at least 4 members (excludes halogenated alkanes) is 1. The van der Waals surface area contributed by atoms with Crippen molar-refractivity contribution < 1.29 is 13.2 Å². The van der Waals surface area contributed by atoms with Gasteiger partial charge in [-0.05, 0) is 30.7 Å². The first-order valence-corrected chi connectivity index (χ1v) is 7.51. The molecule has 3 N–H and O–H groups in total. The molecule has 0 bridgehead atoms. The zero-order chi connectivity index (χ0) is 13.4. The van der Waals surface area contributed by atoms with Crippen LogP contribution in [0.1, 0.15) is 19.8 Å². The van der Waals surface area contributed by atoms with Gasteiger partial charge in [0.25, 0.3) is 0 Å². The Morgan fingerprint density at radius 1 is 1.28 bits per heavy atom. The first-order chi connectivity index (χ1) is 8.60. The van der Waals surface area contributed by atoms with Crippen molar-refractivity contribution in [2.24, 2.45) is 5.73 Å². The van der Waals surface area contributed by atoms with Crippen LogP contribution in [0.15, 0.2) is 29.2 Å². The van der Waals surface area contributed by atoms with Crippen LogP contribution < -0.4 is 15.2 Å². The molecule has 6 heteroatoms. The normalized spacial score (nSPS) is 11.4. The number of hydrogen-bond donors (Lipinski definition) is 2. The predicted octanol–water partition coefficient (Wildman–Crippen LogP) is 1.10. The molecule has 102 valence electrons. The second-order valence-electron chi connectivity index (χ2n) is 3.86. The summed E-state index contributed by atoms with van der Waals surface area (Å²) >= 11 is 0. The minimum Gasteiger partial charge on any atom is -0.492 e. The fourth-order valence-corrected chi connectivity index (χ4v) is 2.43. The van der Waals surface area contributed by atoms with Gasteiger partial charge in [0.2, 0.25) is 10.0 Å². The fraction of sp³-hybridized carbons (Fsp3) is 0.500. The summed E-state index contributed by atoms with van der Waals surface area (Å²) in [5.41, 5.74) is 5.31. The summed E-state index contributed by atoms with van der Waals surface area (Å²) in [5.74, 6) is 0.618. The molecule has 1 aromatic rings. The third-order valence-corrected chi connectivity index (χ3v) is 3.82. The molecule has 18 heavy (non-hydrogen) atoms. The Morgan fingerprint density at radius 3 is 2.50 bits per heavy atom. The molecule has 0 aliphatic rings. The van der Waals surface area contributed by atoms with E-state index in [1.54, 1.807) is 12.1 Å². The average molecular weight is 272 g/mol. The van der Waals surface area contributed by atoms with Gasteiger partial charge in [0, 0.05) is 13.1 Å². The Balaban J connectivity index is 2.65. The molecular formula is C12H20N2O3S. The molecule has 0 aliphatic heterocycles. The van der Waals surface area contributed by atoms with Gasteiger partial charge in [-0.25, -0.2) is 13.1 Å². The van der Waals surface area contributed by atoms with E-state index in [1.807, 2.05) is 6.92 Å². The molecule has 1 aromatic carbocycles. The Morgan fingerprint density at radius 2 is 1.94 bits per heavy atom. The van der Waals surface area contributed by atoms with E-state index in [1.165, 1.54) is 12.1 Å². The Kier molecular flexibility index (Phi) is 6.11. The lowest BCUT2D eigenvalue weighted by atomic mass is 10.3. The van der Waals surface area contributed by atoms with Crippen molar-refractivity contribution in [1.82, 2.24) is 4.72 Å². The number of benzene rings is 1. The van der Waals surface area contributed by atoms with Crippen LogP contribution in [-0.4, -0.2) is 28.1 Å². The highest BCUT2D eigenvalue weighted by molar-refractivity contribution is 7.89. The number of hydrogen-bond acceptors (Lipinski definition) is 4. The Labute approximate surface area is 108 Å². The molecule has 0 saturated carbocycles. The van der Waals surface area contributed by atoms with Crippen LogP contribution in [0.4, 0.5) is 0 Å². The highest BCUT2D eigenvalue weighted by Crippen LogP contribution is 2.15. The molecule has 0 saturated heterocycles. The lowest BCUT2D eigenvalue weighted by molar-refractivity contribution is 0.328. The van der Waals surface area contributed by atoms with Gasteiger partial charge in [-0.1, -0.05) is 13.3 Å². The van der Waals surface area contributed by atoms with Crippen LogP contribution in [0.3, 0.4) is 0 Å². The molecule has 0 heterocycles. The standard InChI is InChI=1S/C12H20N2O3S/c1-2-3-9-14-18(15,16)12-6-4-11(5-7-12)17-10-8-13/h4-7,14H,2-3,8-10,13H2,1H3. The molecule has 5 nitrogen and oxygen atoms in total. The van der Waals surface area contributed by atoms with Gasteiger partial charge < -0.3 is 10.5 Å². The van der Waals surface area contributed by atoms with Gasteiger partial charge >= 0.3 is 0 Å². The highest BCUT2D eigenvalue weighted by atomic mass is 32.2. The van der Waals surface area contributed by atoms with E-state index < -0.39 is 10.0 Å². The molecule has 0 amide bonds. The summed E-state index contributed by atoms with van der Waals surface area (Å²) in [6, 6.07) is 6.31. The van der Waals surface area contributed by atoms with E-state index in [9.17, 15) is 8.42 Å². The van der Waals surface area contributed by atoms with E-state index in [-0.39, 0.29) is 4.90 Å². The van der Waals surface area contributed by atoms with Gasteiger partial charge in [0.1, 0.15) is 12.4 Å². The van der Waals surface area contributed by atoms with Gasteiger partial charge in [0.15, 0.2) is 0 Å². The van der Waals surface area contributed by atoms with Gasteiger partial charge in [-0.3, -0.25) is 0 Å². The Bertz CT molecular complexity index is 443. The predicted molar refractivity (Wildman–Crippen MR) is 71.1 cm³/mol. The van der Waals surface area contributed by atoms with Crippen molar-refractivity contribution in [1.29, 1.82) is 0 Å². The van der Waals surface area contributed by atoms with Crippen molar-refractivity contribution in [2.45, 2.75) is 24.7 Å². The minimum absolute atomic E-state index is 0.249. The molecule has 0 radical (unpaired) electrons. The summed E-state index contributed by atoms with van der Waals surface area (Å²) in [6.07, 6.45) is 1.78. The third-order valence-electron chi connectivity index (χ3n) is 2.34. The van der Waals surface area contributed by atoms with Crippen molar-refractivity contribution in [2.75, 3.05) is 19.7 Å². The van der Waals surface area contributed by atoms with Gasteiger partial charge in [-0.15, -0.1) is 0 Å². The molecule has 0 unspecified atom stereocenters. The van der Waals surface area contributed by atoms with E-state index in [0.29, 0.717) is 25.4 Å². The molecule has 1 rings (SSSR count). The SMILES string of the molecule is CCCCNS(=O)(=O)c1ccc(OCCN)cc1. The van der Waals surface area contributed by atoms with Crippen LogP contribution >= 0.6 is 0 Å². The van der Waals surface area contributed by atoms with Gasteiger partial charge in [-0.2, -0.15) is 0 Å². The molecule has 0 spiro atoms. The van der Waals surface area contributed by atoms with Crippen LogP contribution in [0.25, 0.3) is 0 Å². The minimum atomic E-state index is -3.40. The quantitative estimate of drug-likeness (QED) is 0.694. The first-order valence-electron chi connectivity index (χ1n) is 6.02. The van der Waals surface area contributed by atoms with Crippen LogP contribution in [-0.2, 0) is 10.0 Å². The van der Waals surface area contributed by atoms with E-state index in [0.717, 1.165) is 12.8 Å². The topological polar surface area (TPSA) is 81.4 Å². The van der Waals surface area contributed by atoms with Crippen molar-refractivity contribution in [3.05, 3.63) is 24.3 Å². The largest absolute Gasteiger partial charge is 0.492 e. The second-order valence-corrected chi connectivity index (χ2v) is 5.63. The van der Waals surface area contributed by atoms with E-state index in [2.05, 4.69) is 4.72 Å². The van der Waals surface area contributed by atoms with Crippen molar-refractivity contribution >= 4 is 10.0 Å². The maximum absolute atomic E-state index is 11.9. The number of rotatable bonds is 8. The average Bonchev–Trinajstić information content (AvgIpc) is 2.37. The van der Waals surface area contributed by atoms with Crippen molar-refractivity contribution in [3.8, 4) is 5.75 Å². The number of nitrogens with one attached hydrogen (secondary N) is 1. The first kappa shape index (κ1) is 14.9. The summed E-state index contributed by atoms with van der Waals surface area (Å²) in [4.78, 5) is 0.249. The molecular weight excluding hydrogens is 252 g/mol. The summed E-state index contributed by atoms with van der Waals surface area (Å²) < 4.78 is 31.6. The van der Waals surface area contributed by atoms with Crippen LogP contribution in [0.2, 0.25) is 0 Å². The van der Waals surface area contributed by atoms with Gasteiger partial charge in [0.05, 0.1) is 4.90 Å². The zero-order valence-corrected chi connectivity index (χ0v) is 11.4. The molecule has 0 aromatic heterocycles. The zero-order valence-electron chi connectivity index (χ0n) is 10.6. The summed E-state index contributed by atoms with van der Waals surface area (Å²) in [5, 5.41) is 0. The maximum atomic E-state index is 11.9. The van der Waals surface area contributed by atoms with Crippen molar-refractivity contribution in [3.63, 3.8) is 0 Å². The number of nitrogens with two attached hydrogens (primary N) is 1.